The van der Waals surface area contributed by atoms with Crippen molar-refractivity contribution in [3.05, 3.63) is 40.8 Å². The number of hydrogen-bond acceptors (Lipinski definition) is 3. The number of aliphatic hydroxyl groups is 1. The number of rotatable bonds is 4. The fraction of sp³-hybridized carbons (Fsp3) is 0.529. The molecule has 0 spiro atoms. The highest BCUT2D eigenvalue weighted by molar-refractivity contribution is 5.34. The van der Waals surface area contributed by atoms with Crippen molar-refractivity contribution >= 4 is 0 Å². The Labute approximate surface area is 126 Å². The van der Waals surface area contributed by atoms with Gasteiger partial charge in [0, 0.05) is 16.8 Å². The van der Waals surface area contributed by atoms with E-state index in [0.717, 1.165) is 41.3 Å². The first-order valence-corrected chi connectivity index (χ1v) is 7.59. The lowest BCUT2D eigenvalue weighted by molar-refractivity contribution is 0.281. The number of aliphatic hydroxyl groups excluding tert-OH is 1. The average molecular weight is 287 g/mol. The third-order valence-electron chi connectivity index (χ3n) is 3.60. The van der Waals surface area contributed by atoms with Crippen molar-refractivity contribution in [2.24, 2.45) is 0 Å². The van der Waals surface area contributed by atoms with Gasteiger partial charge in [0.15, 0.2) is 5.82 Å². The molecule has 0 aliphatic heterocycles. The number of aryl methyl sites for hydroxylation is 2. The first kappa shape index (κ1) is 15.7. The summed E-state index contributed by atoms with van der Waals surface area (Å²) in [6.45, 7) is 10.6. The molecule has 0 fully saturated rings. The molecular weight excluding hydrogens is 262 g/mol. The van der Waals surface area contributed by atoms with Gasteiger partial charge in [-0.1, -0.05) is 34.6 Å². The van der Waals surface area contributed by atoms with Gasteiger partial charge in [-0.25, -0.2) is 9.67 Å². The fourth-order valence-electron chi connectivity index (χ4n) is 2.25. The molecule has 0 unspecified atom stereocenters. The van der Waals surface area contributed by atoms with E-state index < -0.39 is 0 Å². The minimum Gasteiger partial charge on any atom is -0.392 e. The number of hydrogen-bond donors (Lipinski definition) is 1. The molecule has 0 saturated carbocycles. The van der Waals surface area contributed by atoms with E-state index in [1.165, 1.54) is 0 Å². The maximum absolute atomic E-state index is 9.52. The average Bonchev–Trinajstić information content (AvgIpc) is 2.89. The highest BCUT2D eigenvalue weighted by Crippen LogP contribution is 2.24. The van der Waals surface area contributed by atoms with Crippen molar-refractivity contribution in [3.63, 3.8) is 0 Å². The summed E-state index contributed by atoms with van der Waals surface area (Å²) in [7, 11) is 0. The first-order chi connectivity index (χ1) is 9.88. The summed E-state index contributed by atoms with van der Waals surface area (Å²) in [5.41, 5.74) is 4.00. The van der Waals surface area contributed by atoms with E-state index in [2.05, 4.69) is 45.8 Å². The quantitative estimate of drug-likeness (QED) is 0.939. The predicted molar refractivity (Wildman–Crippen MR) is 84.7 cm³/mol. The van der Waals surface area contributed by atoms with Gasteiger partial charge in [-0.15, -0.1) is 0 Å². The molecule has 2 aromatic rings. The molecule has 0 amide bonds. The van der Waals surface area contributed by atoms with E-state index in [4.69, 9.17) is 4.98 Å². The topological polar surface area (TPSA) is 50.9 Å². The van der Waals surface area contributed by atoms with Gasteiger partial charge < -0.3 is 5.11 Å². The minimum absolute atomic E-state index is 0.0158. The molecule has 0 bridgehead atoms. The molecule has 2 aromatic heterocycles. The van der Waals surface area contributed by atoms with E-state index in [1.54, 1.807) is 0 Å². The van der Waals surface area contributed by atoms with E-state index in [-0.39, 0.29) is 12.0 Å². The van der Waals surface area contributed by atoms with Crippen LogP contribution in [0.15, 0.2) is 18.2 Å². The monoisotopic (exact) mass is 287 g/mol. The Morgan fingerprint density at radius 3 is 2.33 bits per heavy atom. The summed E-state index contributed by atoms with van der Waals surface area (Å²) >= 11 is 0. The number of pyridine rings is 1. The summed E-state index contributed by atoms with van der Waals surface area (Å²) in [4.78, 5) is 4.77. The molecule has 114 valence electrons. The number of aromatic nitrogens is 3. The largest absolute Gasteiger partial charge is 0.392 e. The van der Waals surface area contributed by atoms with Crippen LogP contribution in [0.3, 0.4) is 0 Å². The van der Waals surface area contributed by atoms with Gasteiger partial charge in [-0.05, 0) is 36.6 Å². The Bertz CT molecular complexity index is 623. The second-order valence-electron chi connectivity index (χ2n) is 6.37. The van der Waals surface area contributed by atoms with Gasteiger partial charge in [0.05, 0.1) is 12.3 Å². The maximum atomic E-state index is 9.52. The maximum Gasteiger partial charge on any atom is 0.154 e. The van der Waals surface area contributed by atoms with Crippen LogP contribution in [0.1, 0.15) is 57.3 Å². The van der Waals surface area contributed by atoms with E-state index >= 15 is 0 Å². The Kier molecular flexibility index (Phi) is 4.47. The Morgan fingerprint density at radius 2 is 1.81 bits per heavy atom. The molecule has 0 radical (unpaired) electrons. The second kappa shape index (κ2) is 5.98. The Morgan fingerprint density at radius 1 is 1.10 bits per heavy atom. The summed E-state index contributed by atoms with van der Waals surface area (Å²) in [6, 6.07) is 6.02. The zero-order valence-corrected chi connectivity index (χ0v) is 13.6. The smallest absolute Gasteiger partial charge is 0.154 e. The van der Waals surface area contributed by atoms with Crippen LogP contribution in [-0.2, 0) is 24.9 Å². The van der Waals surface area contributed by atoms with Gasteiger partial charge in [0.1, 0.15) is 0 Å². The molecule has 2 heterocycles. The molecule has 4 nitrogen and oxygen atoms in total. The molecule has 4 heteroatoms. The van der Waals surface area contributed by atoms with Crippen molar-refractivity contribution in [2.75, 3.05) is 0 Å². The molecule has 2 rings (SSSR count). The Hall–Kier alpha value is -1.68. The number of nitrogens with zero attached hydrogens (tertiary/aromatic N) is 3. The lowest BCUT2D eigenvalue weighted by Gasteiger charge is -2.20. The fourth-order valence-corrected chi connectivity index (χ4v) is 2.25. The lowest BCUT2D eigenvalue weighted by atomic mass is 9.91. The van der Waals surface area contributed by atoms with E-state index in [0.29, 0.717) is 0 Å². The minimum atomic E-state index is -0.0625. The van der Waals surface area contributed by atoms with Gasteiger partial charge >= 0.3 is 0 Å². The molecule has 21 heavy (non-hydrogen) atoms. The normalized spacial score (nSPS) is 11.9. The van der Waals surface area contributed by atoms with Crippen LogP contribution >= 0.6 is 0 Å². The van der Waals surface area contributed by atoms with E-state index in [9.17, 15) is 5.11 Å². The molecule has 0 aliphatic rings. The third kappa shape index (κ3) is 3.32. The zero-order valence-electron chi connectivity index (χ0n) is 13.6. The summed E-state index contributed by atoms with van der Waals surface area (Å²) in [5, 5.41) is 14.2. The van der Waals surface area contributed by atoms with Gasteiger partial charge in [0.2, 0.25) is 0 Å². The van der Waals surface area contributed by atoms with Crippen LogP contribution in [-0.4, -0.2) is 19.9 Å². The standard InChI is InChI=1S/C17H25N3O/c1-6-13-10-14(7-2)20(19-13)16-9-12(11-21)8-15(18-16)17(3,4)5/h8-10,21H,6-7,11H2,1-5H3. The third-order valence-corrected chi connectivity index (χ3v) is 3.60. The molecule has 1 N–H and O–H groups in total. The Balaban J connectivity index is 2.60. The molecule has 0 atom stereocenters. The highest BCUT2D eigenvalue weighted by Gasteiger charge is 2.18. The van der Waals surface area contributed by atoms with Gasteiger partial charge in [0.25, 0.3) is 0 Å². The lowest BCUT2D eigenvalue weighted by Crippen LogP contribution is -2.16. The first-order valence-electron chi connectivity index (χ1n) is 7.59. The van der Waals surface area contributed by atoms with Crippen molar-refractivity contribution in [1.29, 1.82) is 0 Å². The summed E-state index contributed by atoms with van der Waals surface area (Å²) < 4.78 is 1.91. The molecule has 0 aliphatic carbocycles. The van der Waals surface area contributed by atoms with Crippen molar-refractivity contribution in [3.8, 4) is 5.82 Å². The predicted octanol–water partition coefficient (Wildman–Crippen LogP) is 3.18. The van der Waals surface area contributed by atoms with Gasteiger partial charge in [-0.2, -0.15) is 5.10 Å². The van der Waals surface area contributed by atoms with Crippen LogP contribution in [0, 0.1) is 0 Å². The summed E-state index contributed by atoms with van der Waals surface area (Å²) in [6.07, 6.45) is 1.81. The van der Waals surface area contributed by atoms with Gasteiger partial charge in [-0.3, -0.25) is 0 Å². The van der Waals surface area contributed by atoms with E-state index in [1.807, 2.05) is 16.8 Å². The van der Waals surface area contributed by atoms with Crippen molar-refractivity contribution < 1.29 is 5.11 Å². The molecular formula is C17H25N3O. The van der Waals surface area contributed by atoms with Crippen molar-refractivity contribution in [1.82, 2.24) is 14.8 Å². The van der Waals surface area contributed by atoms with Crippen LogP contribution in [0.4, 0.5) is 0 Å². The van der Waals surface area contributed by atoms with Crippen molar-refractivity contribution in [2.45, 2.75) is 59.5 Å². The SMILES string of the molecule is CCc1cc(CC)n(-c2cc(CO)cc(C(C)(C)C)n2)n1. The summed E-state index contributed by atoms with van der Waals surface area (Å²) in [5.74, 6) is 0.794. The highest BCUT2D eigenvalue weighted by atomic mass is 16.3. The van der Waals surface area contributed by atoms with Crippen LogP contribution in [0.2, 0.25) is 0 Å². The van der Waals surface area contributed by atoms with Crippen LogP contribution < -0.4 is 0 Å². The van der Waals surface area contributed by atoms with Crippen LogP contribution in [0.5, 0.6) is 0 Å². The second-order valence-corrected chi connectivity index (χ2v) is 6.37. The van der Waals surface area contributed by atoms with Crippen LogP contribution in [0.25, 0.3) is 5.82 Å². The molecule has 0 aromatic carbocycles. The zero-order chi connectivity index (χ0) is 15.6. The molecule has 0 saturated heterocycles.